The molecule has 33 heavy (non-hydrogen) atoms. The largest absolute Gasteiger partial charge is 0.500 e. The minimum Gasteiger partial charge on any atom is -0.490 e. The summed E-state index contributed by atoms with van der Waals surface area (Å²) >= 11 is 0. The van der Waals surface area contributed by atoms with Crippen LogP contribution >= 0.6 is 0 Å². The van der Waals surface area contributed by atoms with Crippen LogP contribution in [-0.2, 0) is 18.1 Å². The monoisotopic (exact) mass is 482 g/mol. The first-order valence-corrected chi connectivity index (χ1v) is 14.2. The third kappa shape index (κ3) is 12.2. The number of unbranched alkanes of at least 4 members (excludes halogenated alkanes) is 5. The van der Waals surface area contributed by atoms with Crippen molar-refractivity contribution < 1.29 is 32.7 Å². The molecular formula is C25H42O7Si. The molecule has 1 aromatic rings. The molecule has 0 aromatic heterocycles. The van der Waals surface area contributed by atoms with E-state index in [0.717, 1.165) is 49.8 Å². The molecule has 0 fully saturated rings. The summed E-state index contributed by atoms with van der Waals surface area (Å²) in [6, 6.07) is 6.34. The molecule has 0 spiro atoms. The van der Waals surface area contributed by atoms with E-state index in [9.17, 15) is 4.79 Å². The quantitative estimate of drug-likeness (QED) is 0.140. The Morgan fingerprint density at radius 2 is 1.42 bits per heavy atom. The highest BCUT2D eigenvalue weighted by Crippen LogP contribution is 2.29. The van der Waals surface area contributed by atoms with E-state index in [1.54, 1.807) is 6.07 Å². The van der Waals surface area contributed by atoms with Gasteiger partial charge >= 0.3 is 14.8 Å². The van der Waals surface area contributed by atoms with Gasteiger partial charge in [0.25, 0.3) is 0 Å². The van der Waals surface area contributed by atoms with Gasteiger partial charge in [-0.1, -0.05) is 31.7 Å². The smallest absolute Gasteiger partial charge is 0.490 e. The predicted octanol–water partition coefficient (Wildman–Crippen LogP) is 5.95. The molecule has 1 rings (SSSR count). The third-order valence-corrected chi connectivity index (χ3v) is 8.07. The molecule has 8 heteroatoms. The van der Waals surface area contributed by atoms with Gasteiger partial charge in [-0.15, -0.1) is 0 Å². The van der Waals surface area contributed by atoms with Crippen LogP contribution in [0.3, 0.4) is 0 Å². The molecule has 0 saturated carbocycles. The highest BCUT2D eigenvalue weighted by Gasteiger charge is 2.39. The Morgan fingerprint density at radius 3 is 2.00 bits per heavy atom. The second-order valence-corrected chi connectivity index (χ2v) is 10.2. The van der Waals surface area contributed by atoms with E-state index in [1.165, 1.54) is 12.5 Å². The maximum Gasteiger partial charge on any atom is 0.500 e. The van der Waals surface area contributed by atoms with E-state index in [2.05, 4.69) is 0 Å². The van der Waals surface area contributed by atoms with Crippen molar-refractivity contribution in [2.75, 3.05) is 33.0 Å². The van der Waals surface area contributed by atoms with Crippen molar-refractivity contribution in [3.63, 3.8) is 0 Å². The van der Waals surface area contributed by atoms with Crippen LogP contribution in [0.2, 0.25) is 6.04 Å². The molecule has 0 aliphatic carbocycles. The summed E-state index contributed by atoms with van der Waals surface area (Å²) in [6.45, 7) is 10.9. The van der Waals surface area contributed by atoms with Gasteiger partial charge in [0.1, 0.15) is 0 Å². The Morgan fingerprint density at radius 1 is 0.818 bits per heavy atom. The second-order valence-electron chi connectivity index (χ2n) is 7.51. The van der Waals surface area contributed by atoms with Gasteiger partial charge < -0.3 is 27.9 Å². The van der Waals surface area contributed by atoms with Crippen LogP contribution in [0, 0.1) is 0 Å². The van der Waals surface area contributed by atoms with Gasteiger partial charge in [-0.25, -0.2) is 4.79 Å². The summed E-state index contributed by atoms with van der Waals surface area (Å²) in [7, 11) is -2.51. The number of benzene rings is 1. The van der Waals surface area contributed by atoms with Crippen molar-refractivity contribution in [2.24, 2.45) is 0 Å². The molecule has 0 aliphatic rings. The van der Waals surface area contributed by atoms with Crippen LogP contribution in [-0.4, -0.2) is 52.9 Å². The van der Waals surface area contributed by atoms with Gasteiger partial charge in [-0.2, -0.15) is 0 Å². The third-order valence-electron chi connectivity index (χ3n) is 4.91. The molecule has 1 aromatic carbocycles. The van der Waals surface area contributed by atoms with Crippen LogP contribution in [0.25, 0.3) is 6.08 Å². The SMILES string of the molecule is CCOc1cc(/C=C/C(=O)O)ccc1OCCCCCCCC[Si](OCC)(OCC)OCC. The molecule has 0 bridgehead atoms. The van der Waals surface area contributed by atoms with Crippen molar-refractivity contribution in [3.05, 3.63) is 29.8 Å². The number of ether oxygens (including phenoxy) is 2. The zero-order valence-corrected chi connectivity index (χ0v) is 21.8. The van der Waals surface area contributed by atoms with E-state index < -0.39 is 14.8 Å². The first-order valence-electron chi connectivity index (χ1n) is 12.2. The van der Waals surface area contributed by atoms with Gasteiger partial charge in [0.2, 0.25) is 0 Å². The standard InChI is InChI=1S/C25H42O7Si/c1-5-28-24-21-22(16-18-25(26)27)15-17-23(24)29-19-13-11-9-10-12-14-20-33(30-6-2,31-7-3)32-8-4/h15-18,21H,5-14,19-20H2,1-4H3,(H,26,27)/b18-16+. The fourth-order valence-electron chi connectivity index (χ4n) is 3.52. The van der Waals surface area contributed by atoms with Crippen molar-refractivity contribution in [1.82, 2.24) is 0 Å². The minimum atomic E-state index is -2.51. The highest BCUT2D eigenvalue weighted by molar-refractivity contribution is 6.60. The first kappa shape index (κ1) is 29.2. The average Bonchev–Trinajstić information content (AvgIpc) is 2.78. The van der Waals surface area contributed by atoms with Crippen LogP contribution in [0.1, 0.15) is 71.8 Å². The molecular weight excluding hydrogens is 440 g/mol. The molecule has 188 valence electrons. The summed E-state index contributed by atoms with van der Waals surface area (Å²) in [4.78, 5) is 10.7. The fourth-order valence-corrected chi connectivity index (χ4v) is 6.20. The Labute approximate surface area is 200 Å². The second kappa shape index (κ2) is 17.6. The van der Waals surface area contributed by atoms with Crippen LogP contribution in [0.5, 0.6) is 11.5 Å². The van der Waals surface area contributed by atoms with Gasteiger partial charge in [-0.3, -0.25) is 0 Å². The van der Waals surface area contributed by atoms with Gasteiger partial charge in [0.15, 0.2) is 11.5 Å². The number of hydrogen-bond donors (Lipinski definition) is 1. The Bertz CT molecular complexity index is 676. The molecule has 0 amide bonds. The first-order chi connectivity index (χ1) is 16.0. The summed E-state index contributed by atoms with van der Waals surface area (Å²) in [6.07, 6.45) is 9.26. The molecule has 0 heterocycles. The van der Waals surface area contributed by atoms with Crippen molar-refractivity contribution in [2.45, 2.75) is 72.3 Å². The lowest BCUT2D eigenvalue weighted by Gasteiger charge is -2.28. The lowest BCUT2D eigenvalue weighted by atomic mass is 10.1. The fraction of sp³-hybridized carbons (Fsp3) is 0.640. The van der Waals surface area contributed by atoms with E-state index in [-0.39, 0.29) is 0 Å². The van der Waals surface area contributed by atoms with Crippen molar-refractivity contribution in [3.8, 4) is 11.5 Å². The maximum absolute atomic E-state index is 10.7. The summed E-state index contributed by atoms with van der Waals surface area (Å²) in [5.41, 5.74) is 0.762. The zero-order valence-electron chi connectivity index (χ0n) is 20.8. The number of carboxylic acid groups (broad SMARTS) is 1. The van der Waals surface area contributed by atoms with E-state index in [4.69, 9.17) is 27.9 Å². The molecule has 0 saturated heterocycles. The normalized spacial score (nSPS) is 11.8. The Kier molecular flexibility index (Phi) is 15.5. The molecule has 0 unspecified atom stereocenters. The highest BCUT2D eigenvalue weighted by atomic mass is 28.4. The minimum absolute atomic E-state index is 0.516. The number of carbonyl (C=O) groups is 1. The van der Waals surface area contributed by atoms with E-state index in [0.29, 0.717) is 44.5 Å². The van der Waals surface area contributed by atoms with E-state index in [1.807, 2.05) is 39.8 Å². The van der Waals surface area contributed by atoms with Gasteiger partial charge in [0, 0.05) is 31.9 Å². The lowest BCUT2D eigenvalue weighted by molar-refractivity contribution is -0.131. The summed E-state index contributed by atoms with van der Waals surface area (Å²) < 4.78 is 29.3. The molecule has 0 aliphatic heterocycles. The number of hydrogen-bond acceptors (Lipinski definition) is 6. The molecule has 1 N–H and O–H groups in total. The Hall–Kier alpha value is -1.87. The number of carboxylic acids is 1. The van der Waals surface area contributed by atoms with Crippen LogP contribution < -0.4 is 9.47 Å². The topological polar surface area (TPSA) is 83.5 Å². The molecule has 0 radical (unpaired) electrons. The maximum atomic E-state index is 10.7. The van der Waals surface area contributed by atoms with Crippen LogP contribution in [0.15, 0.2) is 24.3 Å². The van der Waals surface area contributed by atoms with Gasteiger partial charge in [0.05, 0.1) is 13.2 Å². The summed E-state index contributed by atoms with van der Waals surface area (Å²) in [5, 5.41) is 8.78. The molecule has 0 atom stereocenters. The van der Waals surface area contributed by atoms with Crippen LogP contribution in [0.4, 0.5) is 0 Å². The van der Waals surface area contributed by atoms with E-state index >= 15 is 0 Å². The van der Waals surface area contributed by atoms with Crippen molar-refractivity contribution >= 4 is 20.8 Å². The Balaban J connectivity index is 2.32. The predicted molar refractivity (Wildman–Crippen MR) is 133 cm³/mol. The number of aliphatic carboxylic acids is 1. The average molecular weight is 483 g/mol. The summed E-state index contributed by atoms with van der Waals surface area (Å²) in [5.74, 6) is 0.344. The zero-order chi connectivity index (χ0) is 24.4. The molecule has 7 nitrogen and oxygen atoms in total. The lowest BCUT2D eigenvalue weighted by Crippen LogP contribution is -2.45. The van der Waals surface area contributed by atoms with Crippen molar-refractivity contribution in [1.29, 1.82) is 0 Å². The van der Waals surface area contributed by atoms with Gasteiger partial charge in [-0.05, 0) is 64.3 Å². The number of rotatable bonds is 20.